The largest absolute Gasteiger partial charge is 0.393 e. The summed E-state index contributed by atoms with van der Waals surface area (Å²) < 4.78 is 0. The lowest BCUT2D eigenvalue weighted by Crippen LogP contribution is -2.42. The summed E-state index contributed by atoms with van der Waals surface area (Å²) >= 11 is 0. The van der Waals surface area contributed by atoms with Crippen LogP contribution in [0.4, 0.5) is 5.82 Å². The van der Waals surface area contributed by atoms with Crippen LogP contribution in [0, 0.1) is 5.92 Å². The molecule has 0 bridgehead atoms. The van der Waals surface area contributed by atoms with Crippen molar-refractivity contribution >= 4 is 5.82 Å². The summed E-state index contributed by atoms with van der Waals surface area (Å²) in [4.78, 5) is 6.77. The highest BCUT2D eigenvalue weighted by Gasteiger charge is 2.25. The van der Waals surface area contributed by atoms with Gasteiger partial charge in [0.25, 0.3) is 0 Å². The van der Waals surface area contributed by atoms with Gasteiger partial charge in [-0.15, -0.1) is 0 Å². The monoisotopic (exact) mass is 235 g/mol. The van der Waals surface area contributed by atoms with Crippen LogP contribution in [-0.2, 0) is 6.54 Å². The minimum absolute atomic E-state index is 0.164. The summed E-state index contributed by atoms with van der Waals surface area (Å²) in [5.74, 6) is 1.37. The molecular weight excluding hydrogens is 214 g/mol. The van der Waals surface area contributed by atoms with E-state index >= 15 is 0 Å². The van der Waals surface area contributed by atoms with Crippen LogP contribution in [0.25, 0.3) is 0 Å². The smallest absolute Gasteiger partial charge is 0.133 e. The summed E-state index contributed by atoms with van der Waals surface area (Å²) in [7, 11) is 1.94. The highest BCUT2D eigenvalue weighted by molar-refractivity contribution is 5.47. The zero-order valence-electron chi connectivity index (χ0n) is 10.6. The average molecular weight is 235 g/mol. The van der Waals surface area contributed by atoms with Crippen LogP contribution >= 0.6 is 0 Å². The second-order valence-corrected chi connectivity index (χ2v) is 4.80. The number of hydrogen-bond donors (Lipinski definition) is 2. The second kappa shape index (κ2) is 5.47. The van der Waals surface area contributed by atoms with E-state index in [0.717, 1.165) is 31.9 Å². The van der Waals surface area contributed by atoms with E-state index in [1.807, 2.05) is 19.3 Å². The van der Waals surface area contributed by atoms with E-state index in [4.69, 9.17) is 0 Å². The Balaban J connectivity index is 2.16. The van der Waals surface area contributed by atoms with Crippen LogP contribution in [0.1, 0.15) is 18.9 Å². The maximum absolute atomic E-state index is 9.76. The number of rotatable bonds is 3. The Labute approximate surface area is 103 Å². The summed E-state index contributed by atoms with van der Waals surface area (Å²) in [5.41, 5.74) is 1.22. The fourth-order valence-electron chi connectivity index (χ4n) is 2.37. The summed E-state index contributed by atoms with van der Waals surface area (Å²) in [5, 5.41) is 12.9. The number of aliphatic hydroxyl groups is 1. The van der Waals surface area contributed by atoms with Gasteiger partial charge in [-0.3, -0.25) is 0 Å². The van der Waals surface area contributed by atoms with Crippen LogP contribution in [0.5, 0.6) is 0 Å². The lowest BCUT2D eigenvalue weighted by atomic mass is 9.96. The minimum atomic E-state index is -0.164. The van der Waals surface area contributed by atoms with Gasteiger partial charge in [0.05, 0.1) is 6.10 Å². The van der Waals surface area contributed by atoms with E-state index in [-0.39, 0.29) is 6.10 Å². The van der Waals surface area contributed by atoms with E-state index in [9.17, 15) is 5.11 Å². The first kappa shape index (κ1) is 12.3. The number of hydrogen-bond acceptors (Lipinski definition) is 4. The van der Waals surface area contributed by atoms with Crippen molar-refractivity contribution in [2.45, 2.75) is 26.0 Å². The maximum atomic E-state index is 9.76. The number of pyridine rings is 1. The third kappa shape index (κ3) is 2.76. The molecule has 2 heterocycles. The van der Waals surface area contributed by atoms with Crippen molar-refractivity contribution in [1.29, 1.82) is 0 Å². The molecule has 2 N–H and O–H groups in total. The van der Waals surface area contributed by atoms with Crippen LogP contribution < -0.4 is 10.2 Å². The van der Waals surface area contributed by atoms with E-state index in [2.05, 4.69) is 28.2 Å². The Morgan fingerprint density at radius 1 is 1.59 bits per heavy atom. The zero-order valence-corrected chi connectivity index (χ0v) is 10.6. The number of nitrogens with zero attached hydrogens (tertiary/aromatic N) is 2. The molecule has 1 fully saturated rings. The van der Waals surface area contributed by atoms with Crippen molar-refractivity contribution in [2.75, 3.05) is 25.0 Å². The predicted octanol–water partition coefficient (Wildman–Crippen LogP) is 1.01. The summed E-state index contributed by atoms with van der Waals surface area (Å²) in [6.45, 7) is 4.70. The standard InChI is InChI=1S/C13H21N3O/c1-10-9-16(7-5-12(10)17)13-11(8-14-2)4-3-6-15-13/h3-4,6,10,12,14,17H,5,7-9H2,1-2H3. The third-order valence-corrected chi connectivity index (χ3v) is 3.39. The molecule has 2 unspecified atom stereocenters. The number of piperidine rings is 1. The fraction of sp³-hybridized carbons (Fsp3) is 0.615. The lowest BCUT2D eigenvalue weighted by molar-refractivity contribution is 0.0968. The van der Waals surface area contributed by atoms with Gasteiger partial charge in [-0.05, 0) is 25.5 Å². The molecule has 4 nitrogen and oxygen atoms in total. The van der Waals surface area contributed by atoms with Gasteiger partial charge < -0.3 is 15.3 Å². The molecule has 0 aromatic carbocycles. The van der Waals surface area contributed by atoms with E-state index in [0.29, 0.717) is 5.92 Å². The molecule has 94 valence electrons. The molecule has 4 heteroatoms. The molecular formula is C13H21N3O. The van der Waals surface area contributed by atoms with Crippen molar-refractivity contribution in [2.24, 2.45) is 5.92 Å². The van der Waals surface area contributed by atoms with Gasteiger partial charge in [0, 0.05) is 31.4 Å². The fourth-order valence-corrected chi connectivity index (χ4v) is 2.37. The first-order chi connectivity index (χ1) is 8.22. The van der Waals surface area contributed by atoms with E-state index < -0.39 is 0 Å². The highest BCUT2D eigenvalue weighted by atomic mass is 16.3. The molecule has 1 aliphatic heterocycles. The van der Waals surface area contributed by atoms with Crippen molar-refractivity contribution in [1.82, 2.24) is 10.3 Å². The Morgan fingerprint density at radius 3 is 3.12 bits per heavy atom. The number of aromatic nitrogens is 1. The molecule has 0 radical (unpaired) electrons. The van der Waals surface area contributed by atoms with Crippen LogP contribution in [0.15, 0.2) is 18.3 Å². The molecule has 2 atom stereocenters. The Morgan fingerprint density at radius 2 is 2.41 bits per heavy atom. The first-order valence-corrected chi connectivity index (χ1v) is 6.24. The van der Waals surface area contributed by atoms with Crippen molar-refractivity contribution in [3.63, 3.8) is 0 Å². The van der Waals surface area contributed by atoms with Gasteiger partial charge in [0.1, 0.15) is 5.82 Å². The second-order valence-electron chi connectivity index (χ2n) is 4.80. The predicted molar refractivity (Wildman–Crippen MR) is 69.0 cm³/mol. The van der Waals surface area contributed by atoms with Gasteiger partial charge in [-0.2, -0.15) is 0 Å². The summed E-state index contributed by atoms with van der Waals surface area (Å²) in [6, 6.07) is 4.08. The van der Waals surface area contributed by atoms with Gasteiger partial charge >= 0.3 is 0 Å². The average Bonchev–Trinajstić information content (AvgIpc) is 2.34. The molecule has 0 spiro atoms. The molecule has 1 aromatic heterocycles. The molecule has 0 amide bonds. The highest BCUT2D eigenvalue weighted by Crippen LogP contribution is 2.24. The van der Waals surface area contributed by atoms with Gasteiger partial charge in [0.15, 0.2) is 0 Å². The van der Waals surface area contributed by atoms with Crippen molar-refractivity contribution in [3.05, 3.63) is 23.9 Å². The maximum Gasteiger partial charge on any atom is 0.133 e. The van der Waals surface area contributed by atoms with Crippen LogP contribution in [-0.4, -0.2) is 36.3 Å². The van der Waals surface area contributed by atoms with E-state index in [1.54, 1.807) is 0 Å². The van der Waals surface area contributed by atoms with Crippen LogP contribution in [0.3, 0.4) is 0 Å². The Bertz CT molecular complexity index is 369. The molecule has 0 saturated carbocycles. The normalized spacial score (nSPS) is 25.0. The Kier molecular flexibility index (Phi) is 3.97. The summed E-state index contributed by atoms with van der Waals surface area (Å²) in [6.07, 6.45) is 2.50. The topological polar surface area (TPSA) is 48.4 Å². The Hall–Kier alpha value is -1.13. The third-order valence-electron chi connectivity index (χ3n) is 3.39. The zero-order chi connectivity index (χ0) is 12.3. The van der Waals surface area contributed by atoms with Crippen molar-refractivity contribution in [3.8, 4) is 0 Å². The SMILES string of the molecule is CNCc1cccnc1N1CCC(O)C(C)C1. The van der Waals surface area contributed by atoms with Crippen molar-refractivity contribution < 1.29 is 5.11 Å². The lowest BCUT2D eigenvalue weighted by Gasteiger charge is -2.36. The van der Waals surface area contributed by atoms with Gasteiger partial charge in [0.2, 0.25) is 0 Å². The molecule has 1 aliphatic rings. The molecule has 2 rings (SSSR count). The molecule has 0 aliphatic carbocycles. The van der Waals surface area contributed by atoms with Gasteiger partial charge in [-0.25, -0.2) is 4.98 Å². The molecule has 1 saturated heterocycles. The number of aliphatic hydroxyl groups excluding tert-OH is 1. The van der Waals surface area contributed by atoms with E-state index in [1.165, 1.54) is 5.56 Å². The van der Waals surface area contributed by atoms with Crippen LogP contribution in [0.2, 0.25) is 0 Å². The quantitative estimate of drug-likeness (QED) is 0.821. The van der Waals surface area contributed by atoms with Gasteiger partial charge in [-0.1, -0.05) is 13.0 Å². The number of anilines is 1. The molecule has 1 aromatic rings. The number of nitrogens with one attached hydrogen (secondary N) is 1. The first-order valence-electron chi connectivity index (χ1n) is 6.24. The molecule has 17 heavy (non-hydrogen) atoms. The minimum Gasteiger partial charge on any atom is -0.393 e.